The van der Waals surface area contributed by atoms with E-state index in [-0.39, 0.29) is 0 Å². The van der Waals surface area contributed by atoms with E-state index >= 15 is 0 Å². The van der Waals surface area contributed by atoms with Gasteiger partial charge in [-0.05, 0) is 12.1 Å². The second-order valence-electron chi connectivity index (χ2n) is 2.28. The number of hydrogen-bond acceptors (Lipinski definition) is 4. The van der Waals surface area contributed by atoms with Crippen LogP contribution in [-0.2, 0) is 0 Å². The Balaban J connectivity index is 2.45. The fourth-order valence-corrected chi connectivity index (χ4v) is 1.55. The van der Waals surface area contributed by atoms with Crippen molar-refractivity contribution in [3.05, 3.63) is 30.6 Å². The van der Waals surface area contributed by atoms with Crippen molar-refractivity contribution in [2.24, 2.45) is 0 Å². The monoisotopic (exact) mass is 177 g/mol. The average Bonchev–Trinajstić information content (AvgIpc) is 2.54. The van der Waals surface area contributed by atoms with Crippen LogP contribution in [0, 0.1) is 0 Å². The van der Waals surface area contributed by atoms with Crippen LogP contribution in [-0.4, -0.2) is 9.97 Å². The molecule has 0 atom stereocenters. The minimum Gasteiger partial charge on any atom is -0.389 e. The second kappa shape index (κ2) is 2.91. The van der Waals surface area contributed by atoms with Gasteiger partial charge in [-0.15, -0.1) is 0 Å². The zero-order valence-corrected chi connectivity index (χ0v) is 7.08. The van der Waals surface area contributed by atoms with Crippen LogP contribution in [0.1, 0.15) is 0 Å². The van der Waals surface area contributed by atoms with E-state index in [2.05, 4.69) is 9.97 Å². The van der Waals surface area contributed by atoms with Crippen LogP contribution in [0.2, 0.25) is 0 Å². The molecule has 0 fully saturated rings. The van der Waals surface area contributed by atoms with Crippen molar-refractivity contribution in [3.8, 4) is 10.7 Å². The molecule has 60 valence electrons. The molecule has 2 N–H and O–H groups in total. The Kier molecular flexibility index (Phi) is 1.75. The summed E-state index contributed by atoms with van der Waals surface area (Å²) in [5, 5.41) is 1.59. The lowest BCUT2D eigenvalue weighted by Gasteiger charge is -1.90. The summed E-state index contributed by atoms with van der Waals surface area (Å²) < 4.78 is 0. The highest BCUT2D eigenvalue weighted by molar-refractivity contribution is 7.18. The zero-order valence-electron chi connectivity index (χ0n) is 6.27. The van der Waals surface area contributed by atoms with E-state index in [0.717, 1.165) is 15.7 Å². The van der Waals surface area contributed by atoms with E-state index in [9.17, 15) is 0 Å². The molecule has 0 unspecified atom stereocenters. The van der Waals surface area contributed by atoms with Crippen LogP contribution in [0.15, 0.2) is 30.6 Å². The smallest absolute Gasteiger partial charge is 0.143 e. The molecule has 0 bridgehead atoms. The van der Waals surface area contributed by atoms with Gasteiger partial charge in [-0.3, -0.25) is 4.98 Å². The molecule has 0 aromatic carbocycles. The lowest BCUT2D eigenvalue weighted by Crippen LogP contribution is -1.78. The molecule has 0 saturated carbocycles. The molecule has 0 aliphatic rings. The van der Waals surface area contributed by atoms with Crippen LogP contribution in [0.5, 0.6) is 0 Å². The Morgan fingerprint density at radius 2 is 2.17 bits per heavy atom. The molecule has 0 spiro atoms. The van der Waals surface area contributed by atoms with Gasteiger partial charge in [0, 0.05) is 6.20 Å². The summed E-state index contributed by atoms with van der Waals surface area (Å²) in [5.74, 6) is 0. The summed E-state index contributed by atoms with van der Waals surface area (Å²) >= 11 is 1.44. The van der Waals surface area contributed by atoms with Crippen molar-refractivity contribution in [1.82, 2.24) is 9.97 Å². The Labute approximate surface area is 73.9 Å². The molecule has 12 heavy (non-hydrogen) atoms. The minimum absolute atomic E-state index is 0.718. The molecular formula is C8H7N3S. The molecule has 0 saturated heterocycles. The number of thiazole rings is 1. The van der Waals surface area contributed by atoms with Gasteiger partial charge >= 0.3 is 0 Å². The number of hydrogen-bond donors (Lipinski definition) is 1. The van der Waals surface area contributed by atoms with Crippen LogP contribution in [0.3, 0.4) is 0 Å². The maximum Gasteiger partial charge on any atom is 0.143 e. The second-order valence-corrected chi connectivity index (χ2v) is 3.34. The molecule has 2 heterocycles. The molecule has 0 aliphatic heterocycles. The van der Waals surface area contributed by atoms with Crippen LogP contribution >= 0.6 is 11.3 Å². The first kappa shape index (κ1) is 7.24. The van der Waals surface area contributed by atoms with Gasteiger partial charge in [0.15, 0.2) is 0 Å². The van der Waals surface area contributed by atoms with Gasteiger partial charge in [-0.2, -0.15) is 0 Å². The highest BCUT2D eigenvalue weighted by Crippen LogP contribution is 2.23. The van der Waals surface area contributed by atoms with Crippen molar-refractivity contribution < 1.29 is 0 Å². The van der Waals surface area contributed by atoms with E-state index in [1.165, 1.54) is 11.3 Å². The number of anilines is 1. The lowest BCUT2D eigenvalue weighted by molar-refractivity contribution is 1.29. The van der Waals surface area contributed by atoms with E-state index in [4.69, 9.17) is 5.73 Å². The SMILES string of the molecule is Nc1cnc(-c2ccccn2)s1. The molecule has 2 aromatic heterocycles. The Morgan fingerprint density at radius 1 is 1.25 bits per heavy atom. The van der Waals surface area contributed by atoms with Crippen molar-refractivity contribution in [2.45, 2.75) is 0 Å². The molecule has 2 aromatic rings. The topological polar surface area (TPSA) is 51.8 Å². The summed E-state index contributed by atoms with van der Waals surface area (Å²) in [7, 11) is 0. The minimum atomic E-state index is 0.718. The molecule has 2 rings (SSSR count). The highest BCUT2D eigenvalue weighted by Gasteiger charge is 2.01. The van der Waals surface area contributed by atoms with E-state index in [1.54, 1.807) is 12.4 Å². The van der Waals surface area contributed by atoms with Crippen molar-refractivity contribution in [2.75, 3.05) is 5.73 Å². The maximum atomic E-state index is 5.54. The number of nitrogens with two attached hydrogens (primary N) is 1. The predicted molar refractivity (Wildman–Crippen MR) is 49.8 cm³/mol. The Hall–Kier alpha value is -1.42. The van der Waals surface area contributed by atoms with Gasteiger partial charge in [0.1, 0.15) is 10.0 Å². The maximum absolute atomic E-state index is 5.54. The first-order chi connectivity index (χ1) is 5.86. The van der Waals surface area contributed by atoms with Crippen molar-refractivity contribution >= 4 is 16.3 Å². The van der Waals surface area contributed by atoms with Gasteiger partial charge < -0.3 is 5.73 Å². The standard InChI is InChI=1S/C8H7N3S/c9-7-5-11-8(12-7)6-3-1-2-4-10-6/h1-5H,9H2. The van der Waals surface area contributed by atoms with Crippen molar-refractivity contribution in [3.63, 3.8) is 0 Å². The third-order valence-corrected chi connectivity index (χ3v) is 2.26. The van der Waals surface area contributed by atoms with Crippen LogP contribution in [0.4, 0.5) is 5.00 Å². The molecule has 3 nitrogen and oxygen atoms in total. The first-order valence-corrected chi connectivity index (χ1v) is 4.30. The quantitative estimate of drug-likeness (QED) is 0.722. The summed E-state index contributed by atoms with van der Waals surface area (Å²) in [6.07, 6.45) is 3.39. The Bertz CT molecular complexity index is 369. The normalized spacial score (nSPS) is 10.0. The number of rotatable bonds is 1. The third kappa shape index (κ3) is 1.29. The van der Waals surface area contributed by atoms with Crippen LogP contribution < -0.4 is 5.73 Å². The van der Waals surface area contributed by atoms with Crippen LogP contribution in [0.25, 0.3) is 10.7 Å². The van der Waals surface area contributed by atoms with E-state index in [1.807, 2.05) is 18.2 Å². The fraction of sp³-hybridized carbons (Fsp3) is 0. The number of nitrogens with zero attached hydrogens (tertiary/aromatic N) is 2. The number of nitrogen functional groups attached to an aromatic ring is 1. The van der Waals surface area contributed by atoms with Gasteiger partial charge in [-0.1, -0.05) is 17.4 Å². The summed E-state index contributed by atoms with van der Waals surface area (Å²) in [6, 6.07) is 5.72. The van der Waals surface area contributed by atoms with E-state index < -0.39 is 0 Å². The molecule has 0 amide bonds. The Morgan fingerprint density at radius 3 is 2.75 bits per heavy atom. The van der Waals surface area contributed by atoms with E-state index in [0.29, 0.717) is 0 Å². The van der Waals surface area contributed by atoms with Gasteiger partial charge in [-0.25, -0.2) is 4.98 Å². The van der Waals surface area contributed by atoms with Crippen molar-refractivity contribution in [1.29, 1.82) is 0 Å². The third-order valence-electron chi connectivity index (χ3n) is 1.41. The summed E-state index contributed by atoms with van der Waals surface area (Å²) in [6.45, 7) is 0. The average molecular weight is 177 g/mol. The zero-order chi connectivity index (χ0) is 8.39. The fourth-order valence-electron chi connectivity index (χ4n) is 0.894. The lowest BCUT2D eigenvalue weighted by atomic mass is 10.4. The molecule has 0 radical (unpaired) electrons. The van der Waals surface area contributed by atoms with Gasteiger partial charge in [0.2, 0.25) is 0 Å². The summed E-state index contributed by atoms with van der Waals surface area (Å²) in [5.41, 5.74) is 6.42. The molecule has 0 aliphatic carbocycles. The number of pyridine rings is 1. The summed E-state index contributed by atoms with van der Waals surface area (Å²) in [4.78, 5) is 8.27. The highest BCUT2D eigenvalue weighted by atomic mass is 32.1. The predicted octanol–water partition coefficient (Wildman–Crippen LogP) is 1.79. The van der Waals surface area contributed by atoms with Gasteiger partial charge in [0.05, 0.1) is 11.9 Å². The largest absolute Gasteiger partial charge is 0.389 e. The van der Waals surface area contributed by atoms with Gasteiger partial charge in [0.25, 0.3) is 0 Å². The molecular weight excluding hydrogens is 170 g/mol. The molecule has 4 heteroatoms. The first-order valence-electron chi connectivity index (χ1n) is 3.49. The number of aromatic nitrogens is 2.